The van der Waals surface area contributed by atoms with Crippen molar-refractivity contribution in [2.45, 2.75) is 49.7 Å². The predicted octanol–water partition coefficient (Wildman–Crippen LogP) is 2.31. The molecule has 0 spiro atoms. The molecule has 2 N–H and O–H groups in total. The highest BCUT2D eigenvalue weighted by atomic mass is 32.2. The van der Waals surface area contributed by atoms with Crippen LogP contribution in [0.1, 0.15) is 31.7 Å². The Kier molecular flexibility index (Phi) is 8.07. The zero-order chi connectivity index (χ0) is 21.7. The Morgan fingerprint density at radius 3 is 2.31 bits per heavy atom. The van der Waals surface area contributed by atoms with Crippen molar-refractivity contribution in [3.63, 3.8) is 0 Å². The number of hydrogen-bond acceptors (Lipinski definition) is 4. The molecule has 1 saturated heterocycles. The number of likely N-dealkylation sites (tertiary alicyclic amines) is 1. The van der Waals surface area contributed by atoms with Gasteiger partial charge < -0.3 is 5.32 Å². The van der Waals surface area contributed by atoms with Crippen LogP contribution in [0, 0.1) is 5.92 Å². The molecule has 1 aliphatic rings. The number of amides is 1. The predicted molar refractivity (Wildman–Crippen MR) is 104 cm³/mol. The summed E-state index contributed by atoms with van der Waals surface area (Å²) < 4.78 is 63.0. The normalized spacial score (nSPS) is 17.8. The van der Waals surface area contributed by atoms with E-state index in [0.717, 1.165) is 5.56 Å². The molecule has 164 valence electrons. The summed E-state index contributed by atoms with van der Waals surface area (Å²) in [6, 6.07) is 6.25. The molecule has 1 aliphatic heterocycles. The van der Waals surface area contributed by atoms with E-state index >= 15 is 0 Å². The highest BCUT2D eigenvalue weighted by Gasteiger charge is 2.33. The molecule has 1 heterocycles. The number of rotatable bonds is 8. The quantitative estimate of drug-likeness (QED) is 0.657. The fourth-order valence-electron chi connectivity index (χ4n) is 3.52. The average molecular weight is 436 g/mol. The Morgan fingerprint density at radius 2 is 1.79 bits per heavy atom. The summed E-state index contributed by atoms with van der Waals surface area (Å²) in [5.74, 6) is 0.0385. The molecule has 0 unspecified atom stereocenters. The summed E-state index contributed by atoms with van der Waals surface area (Å²) in [7, 11) is -2.14. The molecule has 1 atom stereocenters. The zero-order valence-electron chi connectivity index (χ0n) is 16.6. The van der Waals surface area contributed by atoms with Crippen LogP contribution in [0.2, 0.25) is 0 Å². The first-order valence-electron chi connectivity index (χ1n) is 9.61. The van der Waals surface area contributed by atoms with Gasteiger partial charge in [-0.2, -0.15) is 13.2 Å². The molecular formula is C19H28F3N3O3S. The number of benzene rings is 1. The molecule has 10 heteroatoms. The molecule has 0 bridgehead atoms. The summed E-state index contributed by atoms with van der Waals surface area (Å²) >= 11 is 0. The number of halogens is 3. The Labute approximate surface area is 169 Å². The summed E-state index contributed by atoms with van der Waals surface area (Å²) in [4.78, 5) is 13.8. The number of carbonyl (C=O) groups is 1. The maximum atomic E-state index is 12.5. The molecule has 1 amide bonds. The van der Waals surface area contributed by atoms with Crippen molar-refractivity contribution in [2.75, 3.05) is 26.7 Å². The Hall–Kier alpha value is -1.65. The molecule has 1 aromatic rings. The lowest BCUT2D eigenvalue weighted by Gasteiger charge is -2.35. The number of alkyl halides is 3. The van der Waals surface area contributed by atoms with Gasteiger partial charge in [-0.3, -0.25) is 9.69 Å². The van der Waals surface area contributed by atoms with Gasteiger partial charge in [0, 0.05) is 12.5 Å². The first-order chi connectivity index (χ1) is 13.5. The van der Waals surface area contributed by atoms with Crippen LogP contribution in [0.4, 0.5) is 13.2 Å². The van der Waals surface area contributed by atoms with E-state index in [-0.39, 0.29) is 29.2 Å². The number of piperidine rings is 1. The van der Waals surface area contributed by atoms with Crippen LogP contribution >= 0.6 is 0 Å². The van der Waals surface area contributed by atoms with Crippen molar-refractivity contribution >= 4 is 15.9 Å². The van der Waals surface area contributed by atoms with Crippen LogP contribution < -0.4 is 10.0 Å². The molecule has 1 aromatic carbocycles. The van der Waals surface area contributed by atoms with Crippen LogP contribution in [0.15, 0.2) is 29.2 Å². The van der Waals surface area contributed by atoms with Gasteiger partial charge in [0.25, 0.3) is 0 Å². The van der Waals surface area contributed by atoms with Gasteiger partial charge in [-0.15, -0.1) is 0 Å². The lowest BCUT2D eigenvalue weighted by atomic mass is 9.90. The van der Waals surface area contributed by atoms with Crippen LogP contribution in [0.25, 0.3) is 0 Å². The van der Waals surface area contributed by atoms with Crippen LogP contribution in [-0.2, 0) is 21.2 Å². The summed E-state index contributed by atoms with van der Waals surface area (Å²) in [5, 5.41) is 2.94. The van der Waals surface area contributed by atoms with E-state index in [4.69, 9.17) is 0 Å². The molecule has 2 rings (SSSR count). The third-order valence-corrected chi connectivity index (χ3v) is 6.70. The minimum absolute atomic E-state index is 0.0984. The third-order valence-electron chi connectivity index (χ3n) is 5.27. The van der Waals surface area contributed by atoms with Crippen molar-refractivity contribution in [2.24, 2.45) is 5.92 Å². The maximum Gasteiger partial charge on any atom is 0.401 e. The van der Waals surface area contributed by atoms with Gasteiger partial charge in [-0.25, -0.2) is 13.1 Å². The fourth-order valence-corrected chi connectivity index (χ4v) is 4.25. The van der Waals surface area contributed by atoms with Crippen molar-refractivity contribution in [1.82, 2.24) is 14.9 Å². The minimum Gasteiger partial charge on any atom is -0.353 e. The summed E-state index contributed by atoms with van der Waals surface area (Å²) in [5.41, 5.74) is 0.850. The van der Waals surface area contributed by atoms with Gasteiger partial charge in [0.2, 0.25) is 15.9 Å². The molecule has 6 nitrogen and oxygen atoms in total. The Morgan fingerprint density at radius 1 is 1.21 bits per heavy atom. The fraction of sp³-hybridized carbons (Fsp3) is 0.632. The Bertz CT molecular complexity index is 774. The molecule has 0 radical (unpaired) electrons. The van der Waals surface area contributed by atoms with E-state index in [1.165, 1.54) is 24.1 Å². The lowest BCUT2D eigenvalue weighted by Crippen LogP contribution is -2.46. The van der Waals surface area contributed by atoms with E-state index < -0.39 is 22.7 Å². The average Bonchev–Trinajstić information content (AvgIpc) is 2.66. The molecule has 29 heavy (non-hydrogen) atoms. The summed E-state index contributed by atoms with van der Waals surface area (Å²) in [6.07, 6.45) is -2.20. The smallest absolute Gasteiger partial charge is 0.353 e. The van der Waals surface area contributed by atoms with Crippen molar-refractivity contribution in [1.29, 1.82) is 0 Å². The second kappa shape index (κ2) is 9.90. The molecule has 1 fully saturated rings. The van der Waals surface area contributed by atoms with E-state index in [2.05, 4.69) is 10.0 Å². The Balaban J connectivity index is 1.75. The molecule has 0 saturated carbocycles. The largest absolute Gasteiger partial charge is 0.401 e. The van der Waals surface area contributed by atoms with E-state index in [9.17, 15) is 26.4 Å². The lowest BCUT2D eigenvalue weighted by molar-refractivity contribution is -0.148. The van der Waals surface area contributed by atoms with Crippen molar-refractivity contribution in [3.05, 3.63) is 29.8 Å². The molecular weight excluding hydrogens is 407 g/mol. The van der Waals surface area contributed by atoms with E-state index in [1.807, 2.05) is 6.92 Å². The number of hydrogen-bond donors (Lipinski definition) is 2. The van der Waals surface area contributed by atoms with Gasteiger partial charge in [0.1, 0.15) is 0 Å². The van der Waals surface area contributed by atoms with Crippen molar-refractivity contribution in [3.8, 4) is 0 Å². The highest BCUT2D eigenvalue weighted by Crippen LogP contribution is 2.24. The SMILES string of the molecule is CNS(=O)(=O)c1ccc(CCC(=O)N[C@H](C)C2CCN(CC(F)(F)F)CC2)cc1. The van der Waals surface area contributed by atoms with E-state index in [0.29, 0.717) is 32.4 Å². The first-order valence-corrected chi connectivity index (χ1v) is 11.1. The second-order valence-electron chi connectivity index (χ2n) is 7.44. The zero-order valence-corrected chi connectivity index (χ0v) is 17.4. The second-order valence-corrected chi connectivity index (χ2v) is 9.32. The number of sulfonamides is 1. The topological polar surface area (TPSA) is 78.5 Å². The van der Waals surface area contributed by atoms with Gasteiger partial charge in [-0.1, -0.05) is 12.1 Å². The molecule has 0 aromatic heterocycles. The number of nitrogens with zero attached hydrogens (tertiary/aromatic N) is 1. The number of aryl methyl sites for hydroxylation is 1. The van der Waals surface area contributed by atoms with Gasteiger partial charge in [0.15, 0.2) is 0 Å². The van der Waals surface area contributed by atoms with Gasteiger partial charge in [0.05, 0.1) is 11.4 Å². The van der Waals surface area contributed by atoms with Crippen molar-refractivity contribution < 1.29 is 26.4 Å². The number of nitrogens with one attached hydrogen (secondary N) is 2. The number of carbonyl (C=O) groups excluding carboxylic acids is 1. The standard InChI is InChI=1S/C19H28F3N3O3S/c1-14(16-9-11-25(12-10-16)13-19(20,21)22)24-18(26)8-5-15-3-6-17(7-4-15)29(27,28)23-2/h3-4,6-7,14,16,23H,5,8-13H2,1-2H3,(H,24,26)/t14-/m1/s1. The monoisotopic (exact) mass is 435 g/mol. The van der Waals surface area contributed by atoms with Gasteiger partial charge in [-0.05, 0) is 69.9 Å². The summed E-state index contributed by atoms with van der Waals surface area (Å²) in [6.45, 7) is 1.77. The van der Waals surface area contributed by atoms with Gasteiger partial charge >= 0.3 is 6.18 Å². The maximum absolute atomic E-state index is 12.5. The van der Waals surface area contributed by atoms with Crippen LogP contribution in [-0.4, -0.2) is 58.1 Å². The minimum atomic E-state index is -4.18. The van der Waals surface area contributed by atoms with Crippen LogP contribution in [0.3, 0.4) is 0 Å². The van der Waals surface area contributed by atoms with E-state index in [1.54, 1.807) is 12.1 Å². The molecule has 0 aliphatic carbocycles. The third kappa shape index (κ3) is 7.60. The van der Waals surface area contributed by atoms with Crippen LogP contribution in [0.5, 0.6) is 0 Å². The highest BCUT2D eigenvalue weighted by molar-refractivity contribution is 7.89. The first kappa shape index (κ1) is 23.6.